The van der Waals surface area contributed by atoms with E-state index in [1.54, 1.807) is 0 Å². The van der Waals surface area contributed by atoms with E-state index in [1.165, 1.54) is 0 Å². The minimum Gasteiger partial charge on any atom is -0.323 e. The normalized spacial score (nSPS) is 30.8. The van der Waals surface area contributed by atoms with Gasteiger partial charge < -0.3 is 11.1 Å². The molecule has 0 amide bonds. The molecule has 2 nitrogen and oxygen atoms in total. The van der Waals surface area contributed by atoms with Gasteiger partial charge in [-0.25, -0.2) is 0 Å². The highest BCUT2D eigenvalue weighted by molar-refractivity contribution is 5.02. The fraction of sp³-hybridized carbons (Fsp3) is 0.750. The Balaban J connectivity index is 0.000000371. The van der Waals surface area contributed by atoms with Gasteiger partial charge in [-0.15, -0.1) is 0 Å². The maximum atomic E-state index is 5.55. The van der Waals surface area contributed by atoms with E-state index in [4.69, 9.17) is 5.73 Å². The SMILES string of the molecule is CC.CC1C=CC(N)CN1. The number of hydrogen-bond donors (Lipinski definition) is 2. The molecule has 0 spiro atoms. The zero-order valence-corrected chi connectivity index (χ0v) is 7.09. The van der Waals surface area contributed by atoms with E-state index in [9.17, 15) is 0 Å². The van der Waals surface area contributed by atoms with Crippen molar-refractivity contribution in [1.82, 2.24) is 5.32 Å². The first-order valence-corrected chi connectivity index (χ1v) is 3.96. The highest BCUT2D eigenvalue weighted by Crippen LogP contribution is 1.93. The van der Waals surface area contributed by atoms with Crippen molar-refractivity contribution < 1.29 is 0 Å². The molecular formula is C8H18N2. The maximum Gasteiger partial charge on any atom is 0.0351 e. The van der Waals surface area contributed by atoms with Crippen LogP contribution in [0.2, 0.25) is 0 Å². The van der Waals surface area contributed by atoms with Crippen LogP contribution in [0.5, 0.6) is 0 Å². The summed E-state index contributed by atoms with van der Waals surface area (Å²) in [5.74, 6) is 0. The second-order valence-electron chi connectivity index (χ2n) is 2.25. The topological polar surface area (TPSA) is 38.0 Å². The van der Waals surface area contributed by atoms with Gasteiger partial charge in [-0.1, -0.05) is 26.0 Å². The lowest BCUT2D eigenvalue weighted by Crippen LogP contribution is -2.40. The highest BCUT2D eigenvalue weighted by Gasteiger charge is 2.04. The highest BCUT2D eigenvalue weighted by atomic mass is 14.9. The molecule has 10 heavy (non-hydrogen) atoms. The number of nitrogens with one attached hydrogen (secondary N) is 1. The van der Waals surface area contributed by atoms with E-state index >= 15 is 0 Å². The van der Waals surface area contributed by atoms with Crippen LogP contribution < -0.4 is 11.1 Å². The maximum absolute atomic E-state index is 5.55. The molecular weight excluding hydrogens is 124 g/mol. The summed E-state index contributed by atoms with van der Waals surface area (Å²) >= 11 is 0. The van der Waals surface area contributed by atoms with Crippen molar-refractivity contribution in [3.05, 3.63) is 12.2 Å². The van der Waals surface area contributed by atoms with E-state index in [2.05, 4.69) is 18.3 Å². The van der Waals surface area contributed by atoms with Gasteiger partial charge in [0.1, 0.15) is 0 Å². The molecule has 2 atom stereocenters. The van der Waals surface area contributed by atoms with E-state index in [-0.39, 0.29) is 6.04 Å². The summed E-state index contributed by atoms with van der Waals surface area (Å²) in [6, 6.07) is 0.737. The lowest BCUT2D eigenvalue weighted by atomic mass is 10.1. The van der Waals surface area contributed by atoms with Crippen LogP contribution in [0.4, 0.5) is 0 Å². The third-order valence-electron chi connectivity index (χ3n) is 1.32. The molecule has 1 aliphatic heterocycles. The Bertz CT molecular complexity index is 87.4. The fourth-order valence-electron chi connectivity index (χ4n) is 0.767. The third kappa shape index (κ3) is 3.64. The van der Waals surface area contributed by atoms with E-state index in [1.807, 2.05) is 19.9 Å². The average molecular weight is 142 g/mol. The summed E-state index contributed by atoms with van der Waals surface area (Å²) in [5.41, 5.74) is 5.55. The zero-order valence-electron chi connectivity index (χ0n) is 7.09. The molecule has 0 aliphatic carbocycles. The molecule has 2 unspecified atom stereocenters. The van der Waals surface area contributed by atoms with Crippen molar-refractivity contribution in [3.8, 4) is 0 Å². The van der Waals surface area contributed by atoms with Crippen LogP contribution in [0.3, 0.4) is 0 Å². The summed E-state index contributed by atoms with van der Waals surface area (Å²) in [6.07, 6.45) is 4.13. The van der Waals surface area contributed by atoms with Crippen LogP contribution in [0, 0.1) is 0 Å². The Morgan fingerprint density at radius 3 is 2.30 bits per heavy atom. The first-order valence-electron chi connectivity index (χ1n) is 3.96. The molecule has 0 aromatic heterocycles. The van der Waals surface area contributed by atoms with Crippen LogP contribution in [0.15, 0.2) is 12.2 Å². The number of hydrogen-bond acceptors (Lipinski definition) is 2. The van der Waals surface area contributed by atoms with Gasteiger partial charge in [-0.3, -0.25) is 0 Å². The molecule has 1 rings (SSSR count). The second kappa shape index (κ2) is 5.45. The van der Waals surface area contributed by atoms with Crippen LogP contribution in [0.25, 0.3) is 0 Å². The van der Waals surface area contributed by atoms with Gasteiger partial charge in [-0.2, -0.15) is 0 Å². The van der Waals surface area contributed by atoms with Gasteiger partial charge in [0.2, 0.25) is 0 Å². The monoisotopic (exact) mass is 142 g/mol. The Kier molecular flexibility index (Phi) is 5.26. The molecule has 0 aromatic rings. The standard InChI is InChI=1S/C6H12N2.C2H6/c1-5-2-3-6(7)4-8-5;1-2/h2-3,5-6,8H,4,7H2,1H3;1-2H3. The van der Waals surface area contributed by atoms with Gasteiger partial charge in [0.05, 0.1) is 0 Å². The zero-order chi connectivity index (χ0) is 7.98. The Morgan fingerprint density at radius 2 is 2.00 bits per heavy atom. The largest absolute Gasteiger partial charge is 0.323 e. The van der Waals surface area contributed by atoms with Gasteiger partial charge in [-0.05, 0) is 6.92 Å². The molecule has 2 heteroatoms. The molecule has 1 aliphatic rings. The summed E-state index contributed by atoms with van der Waals surface area (Å²) in [6.45, 7) is 7.03. The molecule has 60 valence electrons. The van der Waals surface area contributed by atoms with E-state index < -0.39 is 0 Å². The minimum atomic E-state index is 0.228. The van der Waals surface area contributed by atoms with Crippen molar-refractivity contribution >= 4 is 0 Å². The van der Waals surface area contributed by atoms with Crippen LogP contribution in [-0.4, -0.2) is 18.6 Å². The van der Waals surface area contributed by atoms with Crippen molar-refractivity contribution in [2.45, 2.75) is 32.9 Å². The first kappa shape index (κ1) is 9.66. The molecule has 0 fully saturated rings. The van der Waals surface area contributed by atoms with Crippen molar-refractivity contribution in [3.63, 3.8) is 0 Å². The van der Waals surface area contributed by atoms with Gasteiger partial charge in [0, 0.05) is 18.6 Å². The predicted molar refractivity (Wildman–Crippen MR) is 45.9 cm³/mol. The number of nitrogens with two attached hydrogens (primary N) is 1. The van der Waals surface area contributed by atoms with Crippen LogP contribution >= 0.6 is 0 Å². The van der Waals surface area contributed by atoms with E-state index in [0.29, 0.717) is 6.04 Å². The summed E-state index contributed by atoms with van der Waals surface area (Å²) < 4.78 is 0. The molecule has 1 heterocycles. The smallest absolute Gasteiger partial charge is 0.0351 e. The van der Waals surface area contributed by atoms with Gasteiger partial charge in [0.15, 0.2) is 0 Å². The Morgan fingerprint density at radius 1 is 1.40 bits per heavy atom. The molecule has 0 saturated carbocycles. The lowest BCUT2D eigenvalue weighted by Gasteiger charge is -2.17. The molecule has 0 aromatic carbocycles. The second-order valence-corrected chi connectivity index (χ2v) is 2.25. The molecule has 3 N–H and O–H groups in total. The Hall–Kier alpha value is -0.340. The first-order chi connectivity index (χ1) is 4.79. The van der Waals surface area contributed by atoms with Crippen LogP contribution in [-0.2, 0) is 0 Å². The van der Waals surface area contributed by atoms with Gasteiger partial charge >= 0.3 is 0 Å². The molecule has 0 radical (unpaired) electrons. The van der Waals surface area contributed by atoms with Crippen LogP contribution in [0.1, 0.15) is 20.8 Å². The average Bonchev–Trinajstić information content (AvgIpc) is 2.00. The summed E-state index contributed by atoms with van der Waals surface area (Å²) in [4.78, 5) is 0. The molecule has 0 bridgehead atoms. The fourth-order valence-corrected chi connectivity index (χ4v) is 0.767. The Labute approximate surface area is 63.5 Å². The van der Waals surface area contributed by atoms with Crippen molar-refractivity contribution in [1.29, 1.82) is 0 Å². The summed E-state index contributed by atoms with van der Waals surface area (Å²) in [5, 5.41) is 3.22. The summed E-state index contributed by atoms with van der Waals surface area (Å²) in [7, 11) is 0. The molecule has 0 saturated heterocycles. The van der Waals surface area contributed by atoms with Crippen molar-refractivity contribution in [2.24, 2.45) is 5.73 Å². The minimum absolute atomic E-state index is 0.228. The lowest BCUT2D eigenvalue weighted by molar-refractivity contribution is 0.570. The quantitative estimate of drug-likeness (QED) is 0.493. The van der Waals surface area contributed by atoms with Crippen molar-refractivity contribution in [2.75, 3.05) is 6.54 Å². The number of rotatable bonds is 0. The third-order valence-corrected chi connectivity index (χ3v) is 1.32. The predicted octanol–water partition coefficient (Wildman–Crippen LogP) is 0.888. The van der Waals surface area contributed by atoms with E-state index in [0.717, 1.165) is 6.54 Å². The van der Waals surface area contributed by atoms with Gasteiger partial charge in [0.25, 0.3) is 0 Å².